The van der Waals surface area contributed by atoms with Crippen LogP contribution in [0.25, 0.3) is 22.6 Å². The van der Waals surface area contributed by atoms with Gasteiger partial charge in [-0.3, -0.25) is 9.51 Å². The Morgan fingerprint density at radius 3 is 2.44 bits per heavy atom. The summed E-state index contributed by atoms with van der Waals surface area (Å²) in [5.74, 6) is 1.14. The number of halogens is 2. The number of benzene rings is 2. The van der Waals surface area contributed by atoms with Crippen LogP contribution in [0.3, 0.4) is 0 Å². The van der Waals surface area contributed by atoms with E-state index in [4.69, 9.17) is 32.5 Å². The van der Waals surface area contributed by atoms with Gasteiger partial charge in [-0.2, -0.15) is 0 Å². The minimum absolute atomic E-state index is 0.118. The Labute approximate surface area is 217 Å². The van der Waals surface area contributed by atoms with Crippen LogP contribution in [0.5, 0.6) is 0 Å². The zero-order valence-electron chi connectivity index (χ0n) is 19.4. The van der Waals surface area contributed by atoms with Crippen molar-refractivity contribution in [1.82, 2.24) is 15.3 Å². The summed E-state index contributed by atoms with van der Waals surface area (Å²) < 4.78 is 16.8. The molecule has 0 atom stereocenters. The van der Waals surface area contributed by atoms with Crippen molar-refractivity contribution < 1.29 is 13.8 Å². The third-order valence-corrected chi connectivity index (χ3v) is 7.43. The fourth-order valence-corrected chi connectivity index (χ4v) is 5.31. The van der Waals surface area contributed by atoms with Crippen LogP contribution in [0.4, 0.5) is 5.69 Å². The second-order valence-corrected chi connectivity index (χ2v) is 10.1. The van der Waals surface area contributed by atoms with Gasteiger partial charge in [-0.05, 0) is 49.9 Å². The minimum Gasteiger partial charge on any atom is -0.373 e. The lowest BCUT2D eigenvalue weighted by Gasteiger charge is -2.33. The molecule has 1 aliphatic heterocycles. The molecule has 6 rings (SSSR count). The molecule has 1 saturated carbocycles. The first-order chi connectivity index (χ1) is 17.6. The zero-order chi connectivity index (χ0) is 24.6. The quantitative estimate of drug-likeness (QED) is 0.312. The second-order valence-electron chi connectivity index (χ2n) is 9.24. The SMILES string of the molecule is O=c1[nH]c(-c2cccc(N3CCC(OCc4c(-c5c(Cl)cccc5Cl)noc4C4CC4)CC3)c2)no1. The Morgan fingerprint density at radius 2 is 1.75 bits per heavy atom. The van der Waals surface area contributed by atoms with Crippen molar-refractivity contribution in [3.63, 3.8) is 0 Å². The molecule has 0 amide bonds. The number of anilines is 1. The van der Waals surface area contributed by atoms with Gasteiger partial charge in [0, 0.05) is 41.4 Å². The lowest BCUT2D eigenvalue weighted by Crippen LogP contribution is -2.37. The van der Waals surface area contributed by atoms with E-state index in [-0.39, 0.29) is 6.10 Å². The number of nitrogens with one attached hydrogen (secondary N) is 1. The lowest BCUT2D eigenvalue weighted by atomic mass is 10.0. The van der Waals surface area contributed by atoms with Crippen molar-refractivity contribution in [2.45, 2.75) is 44.3 Å². The predicted molar refractivity (Wildman–Crippen MR) is 137 cm³/mol. The van der Waals surface area contributed by atoms with Gasteiger partial charge in [0.1, 0.15) is 11.5 Å². The van der Waals surface area contributed by atoms with E-state index in [1.807, 2.05) is 36.4 Å². The Morgan fingerprint density at radius 1 is 1.00 bits per heavy atom. The van der Waals surface area contributed by atoms with Gasteiger partial charge >= 0.3 is 5.76 Å². The summed E-state index contributed by atoms with van der Waals surface area (Å²) in [7, 11) is 0. The molecular formula is C26H24Cl2N4O4. The number of nitrogens with zero attached hydrogens (tertiary/aromatic N) is 3. The topological polar surface area (TPSA) is 97.4 Å². The van der Waals surface area contributed by atoms with Gasteiger partial charge in [0.15, 0.2) is 5.82 Å². The molecule has 2 aromatic heterocycles. The molecule has 36 heavy (non-hydrogen) atoms. The van der Waals surface area contributed by atoms with E-state index in [9.17, 15) is 4.79 Å². The van der Waals surface area contributed by atoms with Crippen molar-refractivity contribution in [2.24, 2.45) is 0 Å². The molecule has 0 radical (unpaired) electrons. The molecule has 2 fully saturated rings. The Kier molecular flexibility index (Phi) is 6.33. The summed E-state index contributed by atoms with van der Waals surface area (Å²) in [4.78, 5) is 16.2. The average molecular weight is 527 g/mol. The van der Waals surface area contributed by atoms with Gasteiger partial charge in [-0.1, -0.05) is 51.7 Å². The van der Waals surface area contributed by atoms with Crippen LogP contribution in [-0.4, -0.2) is 34.5 Å². The first kappa shape index (κ1) is 23.3. The second kappa shape index (κ2) is 9.76. The number of hydrogen-bond acceptors (Lipinski definition) is 7. The normalized spacial score (nSPS) is 16.6. The van der Waals surface area contributed by atoms with Crippen molar-refractivity contribution in [1.29, 1.82) is 0 Å². The van der Waals surface area contributed by atoms with Crippen LogP contribution in [0.2, 0.25) is 10.0 Å². The molecule has 1 saturated heterocycles. The van der Waals surface area contributed by atoms with Crippen molar-refractivity contribution in [3.05, 3.63) is 74.4 Å². The third kappa shape index (κ3) is 4.68. The highest BCUT2D eigenvalue weighted by Gasteiger charge is 2.34. The first-order valence-electron chi connectivity index (χ1n) is 12.0. The summed E-state index contributed by atoms with van der Waals surface area (Å²) in [6, 6.07) is 13.4. The molecule has 8 nitrogen and oxygen atoms in total. The van der Waals surface area contributed by atoms with E-state index >= 15 is 0 Å². The van der Waals surface area contributed by atoms with Crippen molar-refractivity contribution in [3.8, 4) is 22.6 Å². The molecule has 0 unspecified atom stereocenters. The smallest absolute Gasteiger partial charge is 0.373 e. The molecule has 3 heterocycles. The van der Waals surface area contributed by atoms with Gasteiger partial charge in [-0.15, -0.1) is 0 Å². The summed E-state index contributed by atoms with van der Waals surface area (Å²) in [5, 5.41) is 9.23. The van der Waals surface area contributed by atoms with Gasteiger partial charge in [0.05, 0.1) is 22.8 Å². The van der Waals surface area contributed by atoms with Crippen LogP contribution >= 0.6 is 23.2 Å². The van der Waals surface area contributed by atoms with E-state index in [1.54, 1.807) is 0 Å². The predicted octanol–water partition coefficient (Wildman–Crippen LogP) is 6.05. The van der Waals surface area contributed by atoms with E-state index in [0.717, 1.165) is 61.3 Å². The van der Waals surface area contributed by atoms with Gasteiger partial charge in [-0.25, -0.2) is 4.79 Å². The van der Waals surface area contributed by atoms with Gasteiger partial charge in [0.25, 0.3) is 0 Å². The highest BCUT2D eigenvalue weighted by atomic mass is 35.5. The van der Waals surface area contributed by atoms with Crippen LogP contribution < -0.4 is 10.7 Å². The number of ether oxygens (including phenoxy) is 1. The molecule has 1 N–H and O–H groups in total. The van der Waals surface area contributed by atoms with E-state index in [0.29, 0.717) is 39.7 Å². The maximum Gasteiger partial charge on any atom is 0.439 e. The maximum absolute atomic E-state index is 11.3. The van der Waals surface area contributed by atoms with Crippen molar-refractivity contribution in [2.75, 3.05) is 18.0 Å². The fourth-order valence-electron chi connectivity index (χ4n) is 4.73. The van der Waals surface area contributed by atoms with Crippen LogP contribution in [-0.2, 0) is 11.3 Å². The molecule has 0 bridgehead atoms. The summed E-state index contributed by atoms with van der Waals surface area (Å²) in [6.07, 6.45) is 4.08. The van der Waals surface area contributed by atoms with E-state index < -0.39 is 5.76 Å². The standard InChI is InChI=1S/C26H24Cl2N4O4/c27-20-5-2-6-21(28)22(20)23-19(24(35-30-23)15-7-8-15)14-34-18-9-11-32(12-10-18)17-4-1-3-16(13-17)25-29-26(33)36-31-25/h1-6,13,15,18H,7-12,14H2,(H,29,31,33). The third-order valence-electron chi connectivity index (χ3n) is 6.80. The summed E-state index contributed by atoms with van der Waals surface area (Å²) in [6.45, 7) is 2.11. The highest BCUT2D eigenvalue weighted by Crippen LogP contribution is 2.46. The van der Waals surface area contributed by atoms with Crippen LogP contribution in [0.1, 0.15) is 42.9 Å². The van der Waals surface area contributed by atoms with Gasteiger partial charge < -0.3 is 14.2 Å². The zero-order valence-corrected chi connectivity index (χ0v) is 20.9. The van der Waals surface area contributed by atoms with E-state index in [1.165, 1.54) is 0 Å². The lowest BCUT2D eigenvalue weighted by molar-refractivity contribution is 0.0246. The molecule has 4 aromatic rings. The Bertz CT molecular complexity index is 1410. The molecule has 1 aliphatic carbocycles. The summed E-state index contributed by atoms with van der Waals surface area (Å²) in [5.41, 5.74) is 4.19. The van der Waals surface area contributed by atoms with Crippen molar-refractivity contribution >= 4 is 28.9 Å². The van der Waals surface area contributed by atoms with Crippen LogP contribution in [0, 0.1) is 0 Å². The number of rotatable bonds is 7. The highest BCUT2D eigenvalue weighted by molar-refractivity contribution is 6.39. The Hall–Kier alpha value is -3.07. The molecule has 2 aliphatic rings. The molecule has 2 aromatic carbocycles. The fraction of sp³-hybridized carbons (Fsp3) is 0.346. The molecule has 10 heteroatoms. The van der Waals surface area contributed by atoms with Crippen LogP contribution in [0.15, 0.2) is 56.3 Å². The minimum atomic E-state index is -0.564. The molecular weight excluding hydrogens is 503 g/mol. The van der Waals surface area contributed by atoms with Gasteiger partial charge in [0.2, 0.25) is 0 Å². The number of H-pyrrole nitrogens is 1. The number of piperidine rings is 1. The van der Waals surface area contributed by atoms with E-state index in [2.05, 4.69) is 30.8 Å². The summed E-state index contributed by atoms with van der Waals surface area (Å²) >= 11 is 13.0. The monoisotopic (exact) mass is 526 g/mol. The molecule has 0 spiro atoms. The largest absolute Gasteiger partial charge is 0.439 e. The number of aromatic amines is 1. The number of hydrogen-bond donors (Lipinski definition) is 1. The number of aromatic nitrogens is 3. The Balaban J connectivity index is 1.14. The average Bonchev–Trinajstić information content (AvgIpc) is 3.51. The maximum atomic E-state index is 11.3. The molecule has 186 valence electrons. The first-order valence-corrected chi connectivity index (χ1v) is 12.8.